The van der Waals surface area contributed by atoms with Crippen LogP contribution in [0.4, 0.5) is 0 Å². The summed E-state index contributed by atoms with van der Waals surface area (Å²) in [4.78, 5) is 15.3. The molecule has 0 heterocycles. The zero-order valence-corrected chi connectivity index (χ0v) is 18.9. The lowest BCUT2D eigenvalue weighted by atomic mass is 10.1. The molecule has 5 nitrogen and oxygen atoms in total. The van der Waals surface area contributed by atoms with Crippen molar-refractivity contribution in [3.63, 3.8) is 0 Å². The maximum absolute atomic E-state index is 13.3. The van der Waals surface area contributed by atoms with Crippen LogP contribution in [0.2, 0.25) is 0 Å². The lowest BCUT2D eigenvalue weighted by Gasteiger charge is -2.24. The lowest BCUT2D eigenvalue weighted by molar-refractivity contribution is 0.0730. The van der Waals surface area contributed by atoms with Crippen LogP contribution in [-0.4, -0.2) is 36.6 Å². The Morgan fingerprint density at radius 3 is 1.65 bits per heavy atom. The predicted octanol–water partition coefficient (Wildman–Crippen LogP) is 4.56. The molecule has 0 radical (unpaired) electrons. The van der Waals surface area contributed by atoms with Crippen LogP contribution in [-0.2, 0) is 23.1 Å². The molecule has 0 aliphatic carbocycles. The maximum Gasteiger partial charge on any atom is 0.254 e. The van der Waals surface area contributed by atoms with Crippen molar-refractivity contribution < 1.29 is 13.2 Å². The van der Waals surface area contributed by atoms with Crippen LogP contribution < -0.4 is 0 Å². The Morgan fingerprint density at radius 2 is 1.23 bits per heavy atom. The van der Waals surface area contributed by atoms with Crippen molar-refractivity contribution in [3.8, 4) is 0 Å². The van der Waals surface area contributed by atoms with Gasteiger partial charge in [-0.2, -0.15) is 4.31 Å². The Bertz CT molecular complexity index is 1060. The van der Waals surface area contributed by atoms with Gasteiger partial charge in [0.2, 0.25) is 10.0 Å². The summed E-state index contributed by atoms with van der Waals surface area (Å²) in [6.45, 7) is 4.57. The van der Waals surface area contributed by atoms with E-state index in [-0.39, 0.29) is 16.8 Å². The average molecular weight is 437 g/mol. The molecule has 0 bridgehead atoms. The van der Waals surface area contributed by atoms with Crippen molar-refractivity contribution in [2.45, 2.75) is 37.9 Å². The fourth-order valence-corrected chi connectivity index (χ4v) is 4.57. The van der Waals surface area contributed by atoms with Crippen molar-refractivity contribution in [3.05, 3.63) is 102 Å². The lowest BCUT2D eigenvalue weighted by Crippen LogP contribution is -2.33. The summed E-state index contributed by atoms with van der Waals surface area (Å²) in [5, 5.41) is 0. The van der Waals surface area contributed by atoms with Crippen molar-refractivity contribution in [2.75, 3.05) is 7.05 Å². The van der Waals surface area contributed by atoms with Gasteiger partial charge in [0.15, 0.2) is 0 Å². The van der Waals surface area contributed by atoms with E-state index >= 15 is 0 Å². The van der Waals surface area contributed by atoms with Crippen LogP contribution in [0.25, 0.3) is 0 Å². The number of benzene rings is 3. The molecule has 0 aromatic heterocycles. The molecule has 0 spiro atoms. The molecule has 162 valence electrons. The minimum absolute atomic E-state index is 0.145. The highest BCUT2D eigenvalue weighted by Gasteiger charge is 2.24. The van der Waals surface area contributed by atoms with Crippen LogP contribution in [0.3, 0.4) is 0 Å². The summed E-state index contributed by atoms with van der Waals surface area (Å²) in [6.07, 6.45) is 0. The number of hydrogen-bond donors (Lipinski definition) is 0. The number of amides is 1. The van der Waals surface area contributed by atoms with E-state index in [0.717, 1.165) is 11.1 Å². The molecular formula is C25H28N2O3S. The van der Waals surface area contributed by atoms with Gasteiger partial charge in [-0.3, -0.25) is 4.79 Å². The monoisotopic (exact) mass is 436 g/mol. The van der Waals surface area contributed by atoms with E-state index in [2.05, 4.69) is 0 Å². The van der Waals surface area contributed by atoms with Crippen molar-refractivity contribution >= 4 is 15.9 Å². The Hall–Kier alpha value is -2.96. The van der Waals surface area contributed by atoms with E-state index in [9.17, 15) is 13.2 Å². The van der Waals surface area contributed by atoms with Crippen LogP contribution in [0.15, 0.2) is 89.8 Å². The molecule has 3 rings (SSSR count). The first kappa shape index (κ1) is 22.7. The minimum atomic E-state index is -3.59. The summed E-state index contributed by atoms with van der Waals surface area (Å²) < 4.78 is 26.7. The van der Waals surface area contributed by atoms with Gasteiger partial charge in [0.1, 0.15) is 0 Å². The molecule has 1 amide bonds. The molecule has 3 aromatic carbocycles. The summed E-state index contributed by atoms with van der Waals surface area (Å²) in [6, 6.07) is 25.7. The summed E-state index contributed by atoms with van der Waals surface area (Å²) in [5.41, 5.74) is 2.52. The van der Waals surface area contributed by atoms with Crippen LogP contribution in [0.5, 0.6) is 0 Å². The number of sulfonamides is 1. The fourth-order valence-electron chi connectivity index (χ4n) is 3.20. The van der Waals surface area contributed by atoms with Crippen molar-refractivity contribution in [1.29, 1.82) is 0 Å². The first-order valence-electron chi connectivity index (χ1n) is 10.2. The van der Waals surface area contributed by atoms with Crippen LogP contribution >= 0.6 is 0 Å². The molecule has 0 N–H and O–H groups in total. The van der Waals surface area contributed by atoms with Crippen LogP contribution in [0, 0.1) is 0 Å². The summed E-state index contributed by atoms with van der Waals surface area (Å²) >= 11 is 0. The van der Waals surface area contributed by atoms with E-state index < -0.39 is 10.0 Å². The third-order valence-corrected chi connectivity index (χ3v) is 7.27. The third-order valence-electron chi connectivity index (χ3n) is 5.23. The molecule has 0 aliphatic heterocycles. The number of hydrogen-bond acceptors (Lipinski definition) is 3. The third kappa shape index (κ3) is 5.60. The summed E-state index contributed by atoms with van der Waals surface area (Å²) in [7, 11) is -2.03. The highest BCUT2D eigenvalue weighted by molar-refractivity contribution is 7.89. The second kappa shape index (κ2) is 9.90. The van der Waals surface area contributed by atoms with Crippen LogP contribution in [0.1, 0.15) is 35.3 Å². The predicted molar refractivity (Wildman–Crippen MR) is 123 cm³/mol. The van der Waals surface area contributed by atoms with E-state index in [1.165, 1.54) is 16.4 Å². The van der Waals surface area contributed by atoms with Gasteiger partial charge < -0.3 is 4.90 Å². The minimum Gasteiger partial charge on any atom is -0.330 e. The second-order valence-corrected chi connectivity index (χ2v) is 9.77. The highest BCUT2D eigenvalue weighted by atomic mass is 32.2. The largest absolute Gasteiger partial charge is 0.330 e. The molecule has 0 fully saturated rings. The molecule has 0 aliphatic rings. The fraction of sp³-hybridized carbons (Fsp3) is 0.240. The normalized spacial score (nSPS) is 11.6. The topological polar surface area (TPSA) is 57.7 Å². The first-order valence-corrected chi connectivity index (χ1v) is 11.7. The van der Waals surface area contributed by atoms with Gasteiger partial charge in [0, 0.05) is 31.7 Å². The second-order valence-electron chi connectivity index (χ2n) is 7.77. The zero-order chi connectivity index (χ0) is 22.4. The van der Waals surface area contributed by atoms with Gasteiger partial charge in [-0.1, -0.05) is 60.7 Å². The molecule has 0 saturated carbocycles. The van der Waals surface area contributed by atoms with Gasteiger partial charge >= 0.3 is 0 Å². The maximum atomic E-state index is 13.3. The number of carbonyl (C=O) groups excluding carboxylic acids is 1. The smallest absolute Gasteiger partial charge is 0.254 e. The molecule has 3 aromatic rings. The van der Waals surface area contributed by atoms with E-state index in [0.29, 0.717) is 18.7 Å². The average Bonchev–Trinajstić information content (AvgIpc) is 2.79. The first-order chi connectivity index (χ1) is 14.8. The van der Waals surface area contributed by atoms with Crippen molar-refractivity contribution in [2.24, 2.45) is 0 Å². The quantitative estimate of drug-likeness (QED) is 0.520. The standard InChI is InChI=1S/C25H28N2O3S/c1-20(2)26(3)31(29,30)24-16-14-23(15-17-24)25(28)27(18-21-10-6-4-7-11-21)19-22-12-8-5-9-13-22/h4-17,20H,18-19H2,1-3H3. The Balaban J connectivity index is 1.86. The van der Waals surface area contributed by atoms with Gasteiger partial charge in [-0.25, -0.2) is 8.42 Å². The Morgan fingerprint density at radius 1 is 0.774 bits per heavy atom. The van der Waals surface area contributed by atoms with Crippen molar-refractivity contribution in [1.82, 2.24) is 9.21 Å². The highest BCUT2D eigenvalue weighted by Crippen LogP contribution is 2.19. The molecule has 6 heteroatoms. The SMILES string of the molecule is CC(C)N(C)S(=O)(=O)c1ccc(C(=O)N(Cc2ccccc2)Cc2ccccc2)cc1. The van der Waals surface area contributed by atoms with E-state index in [4.69, 9.17) is 0 Å². The molecular weight excluding hydrogens is 408 g/mol. The number of carbonyl (C=O) groups is 1. The number of nitrogens with zero attached hydrogens (tertiary/aromatic N) is 2. The number of rotatable bonds is 8. The van der Waals surface area contributed by atoms with E-state index in [1.54, 1.807) is 24.1 Å². The van der Waals surface area contributed by atoms with Gasteiger partial charge in [0.25, 0.3) is 5.91 Å². The molecule has 0 saturated heterocycles. The van der Waals surface area contributed by atoms with Gasteiger partial charge in [-0.05, 0) is 49.2 Å². The molecule has 31 heavy (non-hydrogen) atoms. The molecule has 0 unspecified atom stereocenters. The van der Waals surface area contributed by atoms with Gasteiger partial charge in [0.05, 0.1) is 4.90 Å². The Labute approximate surface area is 185 Å². The summed E-state index contributed by atoms with van der Waals surface area (Å²) in [5.74, 6) is -0.145. The Kier molecular flexibility index (Phi) is 7.25. The van der Waals surface area contributed by atoms with Gasteiger partial charge in [-0.15, -0.1) is 0 Å². The molecule has 0 atom stereocenters. The van der Waals surface area contributed by atoms with E-state index in [1.807, 2.05) is 74.5 Å². The zero-order valence-electron chi connectivity index (χ0n) is 18.1.